The van der Waals surface area contributed by atoms with Gasteiger partial charge in [-0.25, -0.2) is 0 Å². The highest BCUT2D eigenvalue weighted by Gasteiger charge is 2.12. The molecule has 18 heavy (non-hydrogen) atoms. The molecule has 98 valence electrons. The number of esters is 1. The lowest BCUT2D eigenvalue weighted by molar-refractivity contribution is -0.149. The van der Waals surface area contributed by atoms with Crippen LogP contribution in [0.15, 0.2) is 24.3 Å². The molecule has 0 spiro atoms. The lowest BCUT2D eigenvalue weighted by Crippen LogP contribution is -2.17. The number of ether oxygens (including phenoxy) is 2. The number of nitrogens with two attached hydrogens (primary N) is 1. The number of benzene rings is 1. The van der Waals surface area contributed by atoms with Crippen LogP contribution in [0.5, 0.6) is 5.75 Å². The van der Waals surface area contributed by atoms with Gasteiger partial charge >= 0.3 is 5.97 Å². The summed E-state index contributed by atoms with van der Waals surface area (Å²) in [6.45, 7) is 2.18. The molecule has 0 heterocycles. The third-order valence-electron chi connectivity index (χ3n) is 2.26. The molecule has 2 N–H and O–H groups in total. The van der Waals surface area contributed by atoms with Gasteiger partial charge in [0.2, 0.25) is 0 Å². The number of rotatable bonds is 7. The van der Waals surface area contributed by atoms with E-state index in [0.29, 0.717) is 25.0 Å². The fourth-order valence-electron chi connectivity index (χ4n) is 1.17. The van der Waals surface area contributed by atoms with Gasteiger partial charge in [0.25, 0.3) is 0 Å². The molecule has 0 aliphatic rings. The van der Waals surface area contributed by atoms with E-state index in [2.05, 4.69) is 0 Å². The minimum Gasteiger partial charge on any atom is -0.493 e. The quantitative estimate of drug-likeness (QED) is 0.261. The first-order valence-electron chi connectivity index (χ1n) is 5.73. The molecular weight excluding hydrogens is 234 g/mol. The van der Waals surface area contributed by atoms with Gasteiger partial charge < -0.3 is 20.0 Å². The van der Waals surface area contributed by atoms with Crippen molar-refractivity contribution in [3.05, 3.63) is 24.3 Å². The first-order valence-corrected chi connectivity index (χ1v) is 5.73. The fraction of sp³-hybridized carbons (Fsp3) is 0.385. The van der Waals surface area contributed by atoms with Gasteiger partial charge in [0.1, 0.15) is 18.0 Å². The summed E-state index contributed by atoms with van der Waals surface area (Å²) in [5.41, 5.74) is 6.22. The van der Waals surface area contributed by atoms with E-state index in [1.807, 2.05) is 0 Å². The molecule has 0 amide bonds. The summed E-state index contributed by atoms with van der Waals surface area (Å²) in [5.74, 6) is -0.489. The topological polar surface area (TPSA) is 78.6 Å². The first kappa shape index (κ1) is 14.0. The standard InChI is InChI=1S/C13H17NO4/c1-10(9-15)13(16)18-8-2-7-17-12-5-3-11(14)4-6-12/h3-6,9-10H,2,7-8,14H2,1H3. The maximum Gasteiger partial charge on any atom is 0.315 e. The second-order valence-corrected chi connectivity index (χ2v) is 3.86. The number of nitrogen functional groups attached to an aromatic ring is 1. The van der Waals surface area contributed by atoms with E-state index in [1.165, 1.54) is 6.92 Å². The van der Waals surface area contributed by atoms with Crippen molar-refractivity contribution in [2.24, 2.45) is 5.92 Å². The molecule has 0 saturated carbocycles. The molecule has 0 saturated heterocycles. The Morgan fingerprint density at radius 2 is 2.00 bits per heavy atom. The van der Waals surface area contributed by atoms with Crippen LogP contribution in [0.3, 0.4) is 0 Å². The summed E-state index contributed by atoms with van der Waals surface area (Å²) in [5, 5.41) is 0. The van der Waals surface area contributed by atoms with Crippen LogP contribution in [0.4, 0.5) is 5.69 Å². The SMILES string of the molecule is CC(C=O)C(=O)OCCCOc1ccc(N)cc1. The summed E-state index contributed by atoms with van der Waals surface area (Å²) < 4.78 is 10.3. The Morgan fingerprint density at radius 1 is 1.33 bits per heavy atom. The van der Waals surface area contributed by atoms with Gasteiger partial charge in [0.05, 0.1) is 13.2 Å². The number of anilines is 1. The molecular formula is C13H17NO4. The van der Waals surface area contributed by atoms with Gasteiger partial charge in [-0.1, -0.05) is 0 Å². The number of carbonyl (C=O) groups is 2. The van der Waals surface area contributed by atoms with Crippen molar-refractivity contribution in [1.29, 1.82) is 0 Å². The van der Waals surface area contributed by atoms with E-state index in [0.717, 1.165) is 5.75 Å². The molecule has 0 radical (unpaired) electrons. The van der Waals surface area contributed by atoms with Crippen LogP contribution in [-0.4, -0.2) is 25.5 Å². The highest BCUT2D eigenvalue weighted by Crippen LogP contribution is 2.13. The van der Waals surface area contributed by atoms with Gasteiger partial charge in [0.15, 0.2) is 0 Å². The van der Waals surface area contributed by atoms with Crippen LogP contribution in [0.25, 0.3) is 0 Å². The number of hydrogen-bond donors (Lipinski definition) is 1. The van der Waals surface area contributed by atoms with E-state index >= 15 is 0 Å². The Labute approximate surface area is 106 Å². The highest BCUT2D eigenvalue weighted by atomic mass is 16.5. The zero-order valence-electron chi connectivity index (χ0n) is 10.3. The number of aldehydes is 1. The predicted octanol–water partition coefficient (Wildman–Crippen LogP) is 1.42. The van der Waals surface area contributed by atoms with E-state index in [1.54, 1.807) is 24.3 Å². The molecule has 1 aromatic rings. The predicted molar refractivity (Wildman–Crippen MR) is 67.2 cm³/mol. The average molecular weight is 251 g/mol. The van der Waals surface area contributed by atoms with Gasteiger partial charge in [-0.2, -0.15) is 0 Å². The normalized spacial score (nSPS) is 11.6. The van der Waals surface area contributed by atoms with E-state index in [4.69, 9.17) is 15.2 Å². The van der Waals surface area contributed by atoms with Gasteiger partial charge in [0, 0.05) is 12.1 Å². The molecule has 5 nitrogen and oxygen atoms in total. The molecule has 0 aliphatic carbocycles. The van der Waals surface area contributed by atoms with E-state index < -0.39 is 11.9 Å². The average Bonchev–Trinajstić information content (AvgIpc) is 2.39. The molecule has 1 aromatic carbocycles. The van der Waals surface area contributed by atoms with Crippen molar-refractivity contribution in [2.45, 2.75) is 13.3 Å². The molecule has 0 aliphatic heterocycles. The third kappa shape index (κ3) is 4.86. The maximum absolute atomic E-state index is 11.1. The van der Waals surface area contributed by atoms with E-state index in [-0.39, 0.29) is 6.61 Å². The minimum atomic E-state index is -0.706. The van der Waals surface area contributed by atoms with Crippen LogP contribution in [-0.2, 0) is 14.3 Å². The van der Waals surface area contributed by atoms with Crippen molar-refractivity contribution in [1.82, 2.24) is 0 Å². The molecule has 0 bridgehead atoms. The van der Waals surface area contributed by atoms with Crippen LogP contribution in [0, 0.1) is 5.92 Å². The van der Waals surface area contributed by atoms with Crippen molar-refractivity contribution < 1.29 is 19.1 Å². The highest BCUT2D eigenvalue weighted by molar-refractivity contribution is 5.87. The molecule has 5 heteroatoms. The molecule has 1 atom stereocenters. The molecule has 1 rings (SSSR count). The Hall–Kier alpha value is -2.04. The smallest absolute Gasteiger partial charge is 0.315 e. The zero-order valence-corrected chi connectivity index (χ0v) is 10.3. The lowest BCUT2D eigenvalue weighted by Gasteiger charge is -2.08. The van der Waals surface area contributed by atoms with Crippen molar-refractivity contribution in [3.8, 4) is 5.75 Å². The largest absolute Gasteiger partial charge is 0.493 e. The van der Waals surface area contributed by atoms with Gasteiger partial charge in [-0.15, -0.1) is 0 Å². The Kier molecular flexibility index (Phi) is 5.70. The van der Waals surface area contributed by atoms with Crippen LogP contribution < -0.4 is 10.5 Å². The summed E-state index contributed by atoms with van der Waals surface area (Å²) in [6.07, 6.45) is 1.13. The Morgan fingerprint density at radius 3 is 2.61 bits per heavy atom. The van der Waals surface area contributed by atoms with E-state index in [9.17, 15) is 9.59 Å². The van der Waals surface area contributed by atoms with Crippen molar-refractivity contribution >= 4 is 17.9 Å². The van der Waals surface area contributed by atoms with Crippen molar-refractivity contribution in [3.63, 3.8) is 0 Å². The summed E-state index contributed by atoms with van der Waals surface area (Å²) >= 11 is 0. The first-order chi connectivity index (χ1) is 8.63. The summed E-state index contributed by atoms with van der Waals surface area (Å²) in [4.78, 5) is 21.4. The Balaban J connectivity index is 2.14. The molecule has 0 fully saturated rings. The minimum absolute atomic E-state index is 0.242. The van der Waals surface area contributed by atoms with Gasteiger partial charge in [-0.05, 0) is 31.2 Å². The lowest BCUT2D eigenvalue weighted by atomic mass is 10.2. The molecule has 1 unspecified atom stereocenters. The third-order valence-corrected chi connectivity index (χ3v) is 2.26. The van der Waals surface area contributed by atoms with Crippen LogP contribution in [0.1, 0.15) is 13.3 Å². The van der Waals surface area contributed by atoms with Gasteiger partial charge in [-0.3, -0.25) is 4.79 Å². The second kappa shape index (κ2) is 7.32. The summed E-state index contributed by atoms with van der Waals surface area (Å²) in [7, 11) is 0. The molecule has 0 aromatic heterocycles. The zero-order chi connectivity index (χ0) is 13.4. The monoisotopic (exact) mass is 251 g/mol. The number of hydrogen-bond acceptors (Lipinski definition) is 5. The van der Waals surface area contributed by atoms with Crippen LogP contribution >= 0.6 is 0 Å². The van der Waals surface area contributed by atoms with Crippen molar-refractivity contribution in [2.75, 3.05) is 18.9 Å². The van der Waals surface area contributed by atoms with Crippen LogP contribution in [0.2, 0.25) is 0 Å². The Bertz CT molecular complexity index is 388. The summed E-state index contributed by atoms with van der Waals surface area (Å²) in [6, 6.07) is 7.05. The fourth-order valence-corrected chi connectivity index (χ4v) is 1.17. The number of carbonyl (C=O) groups excluding carboxylic acids is 2. The second-order valence-electron chi connectivity index (χ2n) is 3.86. The maximum atomic E-state index is 11.1.